The van der Waals surface area contributed by atoms with Gasteiger partial charge in [0.05, 0.1) is 23.6 Å². The first kappa shape index (κ1) is 11.8. The SMILES string of the molecule is Cc1ncn(C(C)C)c1CCl.Cl. The lowest BCUT2D eigenvalue weighted by Crippen LogP contribution is -2.03. The number of aryl methyl sites for hydroxylation is 1. The van der Waals surface area contributed by atoms with E-state index in [1.807, 2.05) is 13.3 Å². The van der Waals surface area contributed by atoms with Crippen LogP contribution in [0.15, 0.2) is 6.33 Å². The zero-order valence-corrected chi connectivity index (χ0v) is 9.11. The fourth-order valence-electron chi connectivity index (χ4n) is 1.09. The van der Waals surface area contributed by atoms with Gasteiger partial charge in [0.1, 0.15) is 0 Å². The molecule has 2 nitrogen and oxygen atoms in total. The zero-order chi connectivity index (χ0) is 8.43. The van der Waals surface area contributed by atoms with Crippen molar-refractivity contribution in [2.45, 2.75) is 32.7 Å². The second kappa shape index (κ2) is 4.73. The Morgan fingerprint density at radius 1 is 1.58 bits per heavy atom. The number of alkyl halides is 1. The van der Waals surface area contributed by atoms with E-state index >= 15 is 0 Å². The number of halogens is 2. The average Bonchev–Trinajstić information content (AvgIpc) is 2.30. The van der Waals surface area contributed by atoms with Gasteiger partial charge in [-0.1, -0.05) is 0 Å². The van der Waals surface area contributed by atoms with Crippen molar-refractivity contribution in [2.24, 2.45) is 0 Å². The molecule has 0 atom stereocenters. The van der Waals surface area contributed by atoms with Crippen molar-refractivity contribution < 1.29 is 0 Å². The van der Waals surface area contributed by atoms with Crippen LogP contribution in [0.5, 0.6) is 0 Å². The fourth-order valence-corrected chi connectivity index (χ4v) is 1.42. The number of nitrogens with zero attached hydrogens (tertiary/aromatic N) is 2. The number of hydrogen-bond acceptors (Lipinski definition) is 1. The quantitative estimate of drug-likeness (QED) is 0.684. The third-order valence-corrected chi connectivity index (χ3v) is 2.04. The van der Waals surface area contributed by atoms with Crippen molar-refractivity contribution in [2.75, 3.05) is 0 Å². The molecule has 12 heavy (non-hydrogen) atoms. The highest BCUT2D eigenvalue weighted by atomic mass is 35.5. The average molecular weight is 209 g/mol. The van der Waals surface area contributed by atoms with Crippen LogP contribution in [0.4, 0.5) is 0 Å². The van der Waals surface area contributed by atoms with Gasteiger partial charge < -0.3 is 4.57 Å². The molecule has 0 aliphatic carbocycles. The van der Waals surface area contributed by atoms with Crippen molar-refractivity contribution in [3.63, 3.8) is 0 Å². The molecule has 0 spiro atoms. The second-order valence-corrected chi connectivity index (χ2v) is 3.18. The first-order valence-electron chi connectivity index (χ1n) is 3.75. The van der Waals surface area contributed by atoms with E-state index in [-0.39, 0.29) is 12.4 Å². The minimum atomic E-state index is 0. The highest BCUT2D eigenvalue weighted by molar-refractivity contribution is 6.17. The van der Waals surface area contributed by atoms with Gasteiger partial charge in [-0.3, -0.25) is 0 Å². The van der Waals surface area contributed by atoms with E-state index in [0.717, 1.165) is 11.4 Å². The maximum Gasteiger partial charge on any atom is 0.0954 e. The van der Waals surface area contributed by atoms with Gasteiger partial charge >= 0.3 is 0 Å². The Hall–Kier alpha value is -0.210. The highest BCUT2D eigenvalue weighted by Crippen LogP contribution is 2.14. The van der Waals surface area contributed by atoms with Crippen molar-refractivity contribution in [3.8, 4) is 0 Å². The summed E-state index contributed by atoms with van der Waals surface area (Å²) in [6.07, 6.45) is 1.84. The van der Waals surface area contributed by atoms with E-state index in [1.165, 1.54) is 0 Å². The van der Waals surface area contributed by atoms with E-state index in [4.69, 9.17) is 11.6 Å². The lowest BCUT2D eigenvalue weighted by molar-refractivity contribution is 0.582. The van der Waals surface area contributed by atoms with Gasteiger partial charge in [-0.2, -0.15) is 0 Å². The summed E-state index contributed by atoms with van der Waals surface area (Å²) >= 11 is 5.76. The van der Waals surface area contributed by atoms with Crippen LogP contribution in [0.1, 0.15) is 31.3 Å². The van der Waals surface area contributed by atoms with Crippen LogP contribution in [-0.4, -0.2) is 9.55 Å². The summed E-state index contributed by atoms with van der Waals surface area (Å²) in [6, 6.07) is 0.449. The molecule has 1 rings (SSSR count). The van der Waals surface area contributed by atoms with E-state index in [9.17, 15) is 0 Å². The molecule has 0 N–H and O–H groups in total. The van der Waals surface area contributed by atoms with Crippen LogP contribution in [-0.2, 0) is 5.88 Å². The molecule has 0 amide bonds. The topological polar surface area (TPSA) is 17.8 Å². The summed E-state index contributed by atoms with van der Waals surface area (Å²) in [6.45, 7) is 6.23. The molecule has 0 aromatic carbocycles. The van der Waals surface area contributed by atoms with Crippen LogP contribution < -0.4 is 0 Å². The van der Waals surface area contributed by atoms with Gasteiger partial charge in [0.15, 0.2) is 0 Å². The normalized spacial score (nSPS) is 10.1. The fraction of sp³-hybridized carbons (Fsp3) is 0.625. The summed E-state index contributed by atoms with van der Waals surface area (Å²) in [5.41, 5.74) is 2.16. The van der Waals surface area contributed by atoms with Gasteiger partial charge in [-0.25, -0.2) is 4.98 Å². The van der Waals surface area contributed by atoms with Crippen molar-refractivity contribution >= 4 is 24.0 Å². The Morgan fingerprint density at radius 2 is 2.17 bits per heavy atom. The Kier molecular flexibility index (Phi) is 4.64. The summed E-state index contributed by atoms with van der Waals surface area (Å²) in [5, 5.41) is 0. The lowest BCUT2D eigenvalue weighted by Gasteiger charge is -2.09. The monoisotopic (exact) mass is 208 g/mol. The molecule has 0 bridgehead atoms. The van der Waals surface area contributed by atoms with Crippen LogP contribution in [0.25, 0.3) is 0 Å². The predicted molar refractivity (Wildman–Crippen MR) is 54.2 cm³/mol. The standard InChI is InChI=1S/C8H13ClN2.ClH/c1-6(2)11-5-10-7(3)8(11)4-9;/h5-6H,4H2,1-3H3;1H. The zero-order valence-electron chi connectivity index (χ0n) is 7.54. The molecule has 0 aliphatic rings. The largest absolute Gasteiger partial charge is 0.331 e. The molecule has 0 saturated carbocycles. The van der Waals surface area contributed by atoms with Gasteiger partial charge in [-0.05, 0) is 20.8 Å². The molecule has 0 fully saturated rings. The van der Waals surface area contributed by atoms with Crippen LogP contribution in [0.3, 0.4) is 0 Å². The lowest BCUT2D eigenvalue weighted by atomic mass is 10.3. The number of rotatable bonds is 2. The van der Waals surface area contributed by atoms with Crippen LogP contribution in [0, 0.1) is 6.92 Å². The molecule has 0 radical (unpaired) electrons. The number of aromatic nitrogens is 2. The molecule has 1 aromatic heterocycles. The van der Waals surface area contributed by atoms with E-state index in [0.29, 0.717) is 11.9 Å². The highest BCUT2D eigenvalue weighted by Gasteiger charge is 2.07. The molecule has 1 aromatic rings. The minimum Gasteiger partial charge on any atom is -0.331 e. The van der Waals surface area contributed by atoms with Crippen molar-refractivity contribution in [1.82, 2.24) is 9.55 Å². The number of imidazole rings is 1. The molecule has 1 heterocycles. The van der Waals surface area contributed by atoms with Gasteiger partial charge in [0.25, 0.3) is 0 Å². The Morgan fingerprint density at radius 3 is 2.50 bits per heavy atom. The van der Waals surface area contributed by atoms with Crippen LogP contribution >= 0.6 is 24.0 Å². The predicted octanol–water partition coefficient (Wildman–Crippen LogP) is 2.93. The van der Waals surface area contributed by atoms with Gasteiger partial charge in [0.2, 0.25) is 0 Å². The summed E-state index contributed by atoms with van der Waals surface area (Å²) in [4.78, 5) is 4.19. The third-order valence-electron chi connectivity index (χ3n) is 1.79. The van der Waals surface area contributed by atoms with Gasteiger partial charge in [0, 0.05) is 6.04 Å². The van der Waals surface area contributed by atoms with Crippen molar-refractivity contribution in [1.29, 1.82) is 0 Å². The molecule has 0 saturated heterocycles. The second-order valence-electron chi connectivity index (χ2n) is 2.91. The smallest absolute Gasteiger partial charge is 0.0954 e. The molecule has 4 heteroatoms. The molecule has 0 unspecified atom stereocenters. The Labute approximate surface area is 84.4 Å². The van der Waals surface area contributed by atoms with Crippen molar-refractivity contribution in [3.05, 3.63) is 17.7 Å². The van der Waals surface area contributed by atoms with E-state index in [2.05, 4.69) is 23.4 Å². The maximum atomic E-state index is 5.76. The first-order valence-corrected chi connectivity index (χ1v) is 4.28. The van der Waals surface area contributed by atoms with Gasteiger partial charge in [-0.15, -0.1) is 24.0 Å². The molecule has 0 aliphatic heterocycles. The number of hydrogen-bond donors (Lipinski definition) is 0. The molecular formula is C8H14Cl2N2. The summed E-state index contributed by atoms with van der Waals surface area (Å²) in [5.74, 6) is 0.546. The third kappa shape index (κ3) is 2.14. The Bertz CT molecular complexity index is 243. The minimum absolute atomic E-state index is 0. The Balaban J connectivity index is 0.00000121. The summed E-state index contributed by atoms with van der Waals surface area (Å²) in [7, 11) is 0. The van der Waals surface area contributed by atoms with Crippen LogP contribution in [0.2, 0.25) is 0 Å². The van der Waals surface area contributed by atoms with E-state index < -0.39 is 0 Å². The first-order chi connectivity index (χ1) is 5.16. The molecule has 70 valence electrons. The maximum absolute atomic E-state index is 5.76. The summed E-state index contributed by atoms with van der Waals surface area (Å²) < 4.78 is 2.10. The molecular weight excluding hydrogens is 195 g/mol. The van der Waals surface area contributed by atoms with E-state index in [1.54, 1.807) is 0 Å².